The van der Waals surface area contributed by atoms with Gasteiger partial charge < -0.3 is 4.52 Å². The number of Topliss-reactive ketones (excluding diaryl/α,β-unsaturated/α-hetero) is 1. The number of benzene rings is 1. The van der Waals surface area contributed by atoms with Crippen molar-refractivity contribution < 1.29 is 9.32 Å². The molecule has 0 spiro atoms. The quantitative estimate of drug-likeness (QED) is 0.829. The van der Waals surface area contributed by atoms with E-state index in [1.807, 2.05) is 12.1 Å². The summed E-state index contributed by atoms with van der Waals surface area (Å²) in [4.78, 5) is 15.1. The second-order valence-corrected chi connectivity index (χ2v) is 4.67. The maximum absolute atomic E-state index is 11.0. The molecule has 0 radical (unpaired) electrons. The van der Waals surface area contributed by atoms with Gasteiger partial charge in [0.15, 0.2) is 0 Å². The lowest BCUT2D eigenvalue weighted by atomic mass is 10.0. The van der Waals surface area contributed by atoms with Gasteiger partial charge in [0.2, 0.25) is 11.7 Å². The Bertz CT molecular complexity index is 541. The van der Waals surface area contributed by atoms with Gasteiger partial charge in [-0.05, 0) is 18.4 Å². The van der Waals surface area contributed by atoms with Crippen LogP contribution in [0, 0.1) is 0 Å². The average Bonchev–Trinajstić information content (AvgIpc) is 2.76. The molecule has 0 unspecified atom stereocenters. The van der Waals surface area contributed by atoms with Crippen LogP contribution in [0.15, 0.2) is 28.8 Å². The van der Waals surface area contributed by atoms with Crippen LogP contribution >= 0.6 is 0 Å². The minimum Gasteiger partial charge on any atom is -0.339 e. The van der Waals surface area contributed by atoms with Crippen LogP contribution in [0.4, 0.5) is 0 Å². The first-order chi connectivity index (χ1) is 8.56. The number of nitrogens with zero attached hydrogens (tertiary/aromatic N) is 2. The molecule has 18 heavy (non-hydrogen) atoms. The molecule has 94 valence electrons. The number of carbonyl (C=O) groups is 1. The second-order valence-electron chi connectivity index (χ2n) is 4.67. The van der Waals surface area contributed by atoms with Gasteiger partial charge in [-0.3, -0.25) is 4.79 Å². The Kier molecular flexibility index (Phi) is 3.55. The van der Waals surface area contributed by atoms with E-state index in [1.165, 1.54) is 12.5 Å². The molecule has 1 aromatic heterocycles. The number of hydrogen-bond donors (Lipinski definition) is 0. The van der Waals surface area contributed by atoms with E-state index in [0.29, 0.717) is 17.6 Å². The summed E-state index contributed by atoms with van der Waals surface area (Å²) in [5.41, 5.74) is 2.17. The molecule has 1 heterocycles. The van der Waals surface area contributed by atoms with Gasteiger partial charge in [-0.15, -0.1) is 0 Å². The highest BCUT2D eigenvalue weighted by Crippen LogP contribution is 2.20. The minimum atomic E-state index is 0.0142. The van der Waals surface area contributed by atoms with Crippen LogP contribution in [-0.4, -0.2) is 15.9 Å². The Morgan fingerprint density at radius 3 is 2.50 bits per heavy atom. The summed E-state index contributed by atoms with van der Waals surface area (Å²) < 4.78 is 5.03. The molecule has 2 rings (SSSR count). The zero-order chi connectivity index (χ0) is 13.1. The summed E-state index contributed by atoms with van der Waals surface area (Å²) in [6, 6.07) is 8.05. The van der Waals surface area contributed by atoms with Crippen LogP contribution in [0.3, 0.4) is 0 Å². The minimum absolute atomic E-state index is 0.0142. The first kappa shape index (κ1) is 12.5. The zero-order valence-corrected chi connectivity index (χ0v) is 10.8. The van der Waals surface area contributed by atoms with E-state index in [-0.39, 0.29) is 12.2 Å². The largest absolute Gasteiger partial charge is 0.339 e. The van der Waals surface area contributed by atoms with Gasteiger partial charge in [-0.1, -0.05) is 43.3 Å². The Morgan fingerprint density at radius 1 is 1.28 bits per heavy atom. The third kappa shape index (κ3) is 2.83. The number of hydrogen-bond acceptors (Lipinski definition) is 4. The Labute approximate surface area is 106 Å². The molecule has 2 aromatic rings. The molecular formula is C14H16N2O2. The molecule has 0 aliphatic carbocycles. The maximum atomic E-state index is 11.0. The van der Waals surface area contributed by atoms with E-state index >= 15 is 0 Å². The summed E-state index contributed by atoms with van der Waals surface area (Å²) in [5.74, 6) is 1.41. The van der Waals surface area contributed by atoms with Crippen molar-refractivity contribution in [2.45, 2.75) is 33.1 Å². The second kappa shape index (κ2) is 5.12. The Hall–Kier alpha value is -1.97. The van der Waals surface area contributed by atoms with Gasteiger partial charge in [-0.25, -0.2) is 0 Å². The Morgan fingerprint density at radius 2 is 1.94 bits per heavy atom. The monoisotopic (exact) mass is 244 g/mol. The topological polar surface area (TPSA) is 56.0 Å². The van der Waals surface area contributed by atoms with Crippen molar-refractivity contribution in [1.29, 1.82) is 0 Å². The van der Waals surface area contributed by atoms with Crippen LogP contribution in [0.5, 0.6) is 0 Å². The molecule has 4 nitrogen and oxygen atoms in total. The predicted octanol–water partition coefficient (Wildman–Crippen LogP) is 2.99. The normalized spacial score (nSPS) is 10.9. The van der Waals surface area contributed by atoms with E-state index in [2.05, 4.69) is 36.1 Å². The third-order valence-electron chi connectivity index (χ3n) is 2.70. The molecule has 1 aromatic carbocycles. The number of rotatable bonds is 4. The first-order valence-electron chi connectivity index (χ1n) is 5.98. The standard InChI is InChI=1S/C14H16N2O2/c1-9(2)11-4-6-12(7-5-11)14-15-13(18-16-14)8-10(3)17/h4-7,9H,8H2,1-3H3. The van der Waals surface area contributed by atoms with Crippen molar-refractivity contribution in [2.75, 3.05) is 0 Å². The smallest absolute Gasteiger partial charge is 0.234 e. The molecule has 0 aliphatic heterocycles. The molecular weight excluding hydrogens is 228 g/mol. The molecule has 0 aliphatic rings. The fraction of sp³-hybridized carbons (Fsp3) is 0.357. The van der Waals surface area contributed by atoms with Crippen molar-refractivity contribution in [3.05, 3.63) is 35.7 Å². The fourth-order valence-electron chi connectivity index (χ4n) is 1.67. The first-order valence-corrected chi connectivity index (χ1v) is 5.98. The number of carbonyl (C=O) groups excluding carboxylic acids is 1. The summed E-state index contributed by atoms with van der Waals surface area (Å²) >= 11 is 0. The summed E-state index contributed by atoms with van der Waals surface area (Å²) in [6.45, 7) is 5.80. The van der Waals surface area contributed by atoms with E-state index in [1.54, 1.807) is 0 Å². The van der Waals surface area contributed by atoms with Crippen LogP contribution in [-0.2, 0) is 11.2 Å². The maximum Gasteiger partial charge on any atom is 0.234 e. The van der Waals surface area contributed by atoms with Crippen molar-refractivity contribution in [3.63, 3.8) is 0 Å². The summed E-state index contributed by atoms with van der Waals surface area (Å²) in [5, 5.41) is 3.88. The summed E-state index contributed by atoms with van der Waals surface area (Å²) in [7, 11) is 0. The number of aromatic nitrogens is 2. The lowest BCUT2D eigenvalue weighted by Crippen LogP contribution is -1.96. The van der Waals surface area contributed by atoms with Crippen LogP contribution in [0.2, 0.25) is 0 Å². The third-order valence-corrected chi connectivity index (χ3v) is 2.70. The molecule has 0 amide bonds. The van der Waals surface area contributed by atoms with Crippen LogP contribution in [0.1, 0.15) is 38.1 Å². The highest BCUT2D eigenvalue weighted by Gasteiger charge is 2.10. The molecule has 0 fully saturated rings. The van der Waals surface area contributed by atoms with Crippen LogP contribution < -0.4 is 0 Å². The van der Waals surface area contributed by atoms with Crippen molar-refractivity contribution in [2.24, 2.45) is 0 Å². The van der Waals surface area contributed by atoms with Crippen molar-refractivity contribution in [1.82, 2.24) is 10.1 Å². The Balaban J connectivity index is 2.20. The van der Waals surface area contributed by atoms with Gasteiger partial charge in [0.25, 0.3) is 0 Å². The van der Waals surface area contributed by atoms with Crippen molar-refractivity contribution >= 4 is 5.78 Å². The summed E-state index contributed by atoms with van der Waals surface area (Å²) in [6.07, 6.45) is 0.192. The highest BCUT2D eigenvalue weighted by molar-refractivity contribution is 5.77. The molecule has 0 N–H and O–H groups in total. The van der Waals surface area contributed by atoms with Gasteiger partial charge in [0, 0.05) is 5.56 Å². The highest BCUT2D eigenvalue weighted by atomic mass is 16.5. The lowest BCUT2D eigenvalue weighted by molar-refractivity contribution is -0.116. The van der Waals surface area contributed by atoms with Gasteiger partial charge in [-0.2, -0.15) is 4.98 Å². The fourth-order valence-corrected chi connectivity index (χ4v) is 1.67. The SMILES string of the molecule is CC(=O)Cc1nc(-c2ccc(C(C)C)cc2)no1. The average molecular weight is 244 g/mol. The van der Waals surface area contributed by atoms with Gasteiger partial charge >= 0.3 is 0 Å². The van der Waals surface area contributed by atoms with Crippen molar-refractivity contribution in [3.8, 4) is 11.4 Å². The van der Waals surface area contributed by atoms with E-state index in [9.17, 15) is 4.79 Å². The predicted molar refractivity (Wildman–Crippen MR) is 68.2 cm³/mol. The number of ketones is 1. The van der Waals surface area contributed by atoms with E-state index in [0.717, 1.165) is 5.56 Å². The van der Waals surface area contributed by atoms with Gasteiger partial charge in [0.05, 0.1) is 6.42 Å². The van der Waals surface area contributed by atoms with E-state index < -0.39 is 0 Å². The molecule has 0 atom stereocenters. The molecule has 0 saturated heterocycles. The molecule has 0 bridgehead atoms. The van der Waals surface area contributed by atoms with E-state index in [4.69, 9.17) is 4.52 Å². The lowest BCUT2D eigenvalue weighted by Gasteiger charge is -2.04. The van der Waals surface area contributed by atoms with Crippen LogP contribution in [0.25, 0.3) is 11.4 Å². The zero-order valence-electron chi connectivity index (χ0n) is 10.8. The molecule has 4 heteroatoms. The van der Waals surface area contributed by atoms with Gasteiger partial charge in [0.1, 0.15) is 5.78 Å². The molecule has 0 saturated carbocycles.